The maximum Gasteiger partial charge on any atom is 0.226 e. The van der Waals surface area contributed by atoms with E-state index in [4.69, 9.17) is 0 Å². The van der Waals surface area contributed by atoms with Crippen molar-refractivity contribution in [3.05, 3.63) is 12.2 Å². The van der Waals surface area contributed by atoms with E-state index in [9.17, 15) is 4.79 Å². The smallest absolute Gasteiger partial charge is 0.226 e. The van der Waals surface area contributed by atoms with Crippen molar-refractivity contribution >= 4 is 5.91 Å². The number of nitrogens with one attached hydrogen (secondary N) is 2. The molecule has 0 radical (unpaired) electrons. The van der Waals surface area contributed by atoms with Gasteiger partial charge in [0.2, 0.25) is 5.91 Å². The highest BCUT2D eigenvalue weighted by molar-refractivity contribution is 5.82. The molecule has 1 aliphatic carbocycles. The number of rotatable bonds is 3. The maximum atomic E-state index is 12.3. The van der Waals surface area contributed by atoms with Crippen molar-refractivity contribution in [2.45, 2.75) is 52.0 Å². The van der Waals surface area contributed by atoms with Crippen molar-refractivity contribution in [1.29, 1.82) is 0 Å². The average Bonchev–Trinajstić information content (AvgIpc) is 2.83. The highest BCUT2D eigenvalue weighted by Gasteiger charge is 2.35. The summed E-state index contributed by atoms with van der Waals surface area (Å²) in [5.41, 5.74) is -0.202. The molecule has 5 heteroatoms. The van der Waals surface area contributed by atoms with E-state index in [0.717, 1.165) is 25.7 Å². The Balaban J connectivity index is 1.96. The predicted octanol–water partition coefficient (Wildman–Crippen LogP) is 1.95. The summed E-state index contributed by atoms with van der Waals surface area (Å²) in [6, 6.07) is -0.108. The van der Waals surface area contributed by atoms with Gasteiger partial charge in [-0.05, 0) is 19.8 Å². The van der Waals surface area contributed by atoms with Crippen LogP contribution in [0.15, 0.2) is 6.33 Å². The van der Waals surface area contributed by atoms with Gasteiger partial charge in [0.1, 0.15) is 12.2 Å². The molecule has 2 rings (SSSR count). The molecule has 17 heavy (non-hydrogen) atoms. The third-order valence-corrected chi connectivity index (χ3v) is 3.70. The number of carbonyl (C=O) groups excluding carboxylic acids is 1. The van der Waals surface area contributed by atoms with Crippen LogP contribution in [0.25, 0.3) is 0 Å². The van der Waals surface area contributed by atoms with Crippen LogP contribution in [0.3, 0.4) is 0 Å². The summed E-state index contributed by atoms with van der Waals surface area (Å²) in [6.45, 7) is 3.99. The van der Waals surface area contributed by atoms with Gasteiger partial charge in [-0.2, -0.15) is 5.10 Å². The average molecular weight is 236 g/mol. The number of aromatic nitrogens is 3. The Kier molecular flexibility index (Phi) is 3.45. The molecule has 1 amide bonds. The number of H-pyrrole nitrogens is 1. The minimum absolute atomic E-state index is 0.108. The van der Waals surface area contributed by atoms with Crippen LogP contribution in [0.5, 0.6) is 0 Å². The number of aromatic amines is 1. The minimum Gasteiger partial charge on any atom is -0.346 e. The first-order valence-corrected chi connectivity index (χ1v) is 6.28. The molecule has 0 aliphatic heterocycles. The Hall–Kier alpha value is -1.39. The molecule has 1 atom stereocenters. The van der Waals surface area contributed by atoms with Crippen LogP contribution in [-0.2, 0) is 4.79 Å². The zero-order chi connectivity index (χ0) is 12.3. The second kappa shape index (κ2) is 4.85. The summed E-state index contributed by atoms with van der Waals surface area (Å²) in [5, 5.41) is 9.59. The monoisotopic (exact) mass is 236 g/mol. The fraction of sp³-hybridized carbons (Fsp3) is 0.750. The number of hydrogen-bond acceptors (Lipinski definition) is 3. The van der Waals surface area contributed by atoms with Crippen molar-refractivity contribution in [3.8, 4) is 0 Å². The van der Waals surface area contributed by atoms with E-state index in [-0.39, 0.29) is 17.4 Å². The van der Waals surface area contributed by atoms with Gasteiger partial charge in [0.25, 0.3) is 0 Å². The minimum atomic E-state index is -0.202. The number of nitrogens with zero attached hydrogens (tertiary/aromatic N) is 2. The van der Waals surface area contributed by atoms with Gasteiger partial charge in [-0.1, -0.05) is 26.2 Å². The van der Waals surface area contributed by atoms with E-state index in [1.54, 1.807) is 0 Å². The Morgan fingerprint density at radius 2 is 2.18 bits per heavy atom. The van der Waals surface area contributed by atoms with Gasteiger partial charge in [-0.3, -0.25) is 9.89 Å². The number of amides is 1. The fourth-order valence-electron chi connectivity index (χ4n) is 2.42. The lowest BCUT2D eigenvalue weighted by Crippen LogP contribution is -2.41. The van der Waals surface area contributed by atoms with Crippen LogP contribution in [-0.4, -0.2) is 21.1 Å². The summed E-state index contributed by atoms with van der Waals surface area (Å²) in [6.07, 6.45) is 6.99. The molecule has 1 unspecified atom stereocenters. The van der Waals surface area contributed by atoms with Crippen LogP contribution in [0, 0.1) is 5.41 Å². The van der Waals surface area contributed by atoms with Crippen molar-refractivity contribution in [2.75, 3.05) is 0 Å². The van der Waals surface area contributed by atoms with Crippen molar-refractivity contribution in [2.24, 2.45) is 5.41 Å². The second-order valence-electron chi connectivity index (χ2n) is 5.19. The van der Waals surface area contributed by atoms with Gasteiger partial charge in [0.15, 0.2) is 0 Å². The summed E-state index contributed by atoms with van der Waals surface area (Å²) < 4.78 is 0. The quantitative estimate of drug-likeness (QED) is 0.842. The lowest BCUT2D eigenvalue weighted by atomic mass is 9.75. The van der Waals surface area contributed by atoms with Gasteiger partial charge in [0.05, 0.1) is 6.04 Å². The molecule has 1 aromatic rings. The number of carbonyl (C=O) groups is 1. The highest BCUT2D eigenvalue weighted by Crippen LogP contribution is 2.36. The van der Waals surface area contributed by atoms with Gasteiger partial charge >= 0.3 is 0 Å². The summed E-state index contributed by atoms with van der Waals surface area (Å²) >= 11 is 0. The van der Waals surface area contributed by atoms with Gasteiger partial charge < -0.3 is 5.32 Å². The highest BCUT2D eigenvalue weighted by atomic mass is 16.2. The van der Waals surface area contributed by atoms with Crippen LogP contribution >= 0.6 is 0 Å². The molecule has 0 spiro atoms. The van der Waals surface area contributed by atoms with Gasteiger partial charge in [0, 0.05) is 5.41 Å². The zero-order valence-electron chi connectivity index (χ0n) is 10.5. The molecule has 1 heterocycles. The summed E-state index contributed by atoms with van der Waals surface area (Å²) in [7, 11) is 0. The Bertz CT molecular complexity index is 368. The first-order valence-electron chi connectivity index (χ1n) is 6.28. The normalized spacial score (nSPS) is 20.8. The van der Waals surface area contributed by atoms with Crippen LogP contribution in [0.1, 0.15) is 57.8 Å². The van der Waals surface area contributed by atoms with Gasteiger partial charge in [-0.25, -0.2) is 4.98 Å². The van der Waals surface area contributed by atoms with Crippen molar-refractivity contribution in [3.63, 3.8) is 0 Å². The standard InChI is InChI=1S/C12H20N4O/c1-9(10-13-8-14-16-10)15-11(17)12(2)6-4-3-5-7-12/h8-9H,3-7H2,1-2H3,(H,15,17)(H,13,14,16). The Morgan fingerprint density at radius 3 is 2.76 bits per heavy atom. The largest absolute Gasteiger partial charge is 0.346 e. The molecule has 0 bridgehead atoms. The van der Waals surface area contributed by atoms with E-state index in [2.05, 4.69) is 27.4 Å². The van der Waals surface area contributed by atoms with Gasteiger partial charge in [-0.15, -0.1) is 0 Å². The third kappa shape index (κ3) is 2.65. The SMILES string of the molecule is CC(NC(=O)C1(C)CCCCC1)c1ncn[nH]1. The molecule has 1 aromatic heterocycles. The van der Waals surface area contributed by atoms with E-state index >= 15 is 0 Å². The summed E-state index contributed by atoms with van der Waals surface area (Å²) in [5.74, 6) is 0.846. The fourth-order valence-corrected chi connectivity index (χ4v) is 2.42. The first-order chi connectivity index (χ1) is 8.12. The maximum absolute atomic E-state index is 12.3. The lowest BCUT2D eigenvalue weighted by Gasteiger charge is -2.32. The van der Waals surface area contributed by atoms with Crippen LogP contribution in [0.4, 0.5) is 0 Å². The van der Waals surface area contributed by atoms with E-state index in [0.29, 0.717) is 5.82 Å². The molecule has 94 valence electrons. The lowest BCUT2D eigenvalue weighted by molar-refractivity contribution is -0.132. The molecular weight excluding hydrogens is 216 g/mol. The zero-order valence-corrected chi connectivity index (χ0v) is 10.5. The van der Waals surface area contributed by atoms with Crippen molar-refractivity contribution in [1.82, 2.24) is 20.5 Å². The van der Waals surface area contributed by atoms with Crippen LogP contribution < -0.4 is 5.32 Å². The Labute approximate surface area is 101 Å². The molecule has 1 aliphatic rings. The van der Waals surface area contributed by atoms with Crippen molar-refractivity contribution < 1.29 is 4.79 Å². The molecule has 1 fully saturated rings. The second-order valence-corrected chi connectivity index (χ2v) is 5.19. The third-order valence-electron chi connectivity index (χ3n) is 3.70. The molecular formula is C12H20N4O. The van der Waals surface area contributed by atoms with Crippen LogP contribution in [0.2, 0.25) is 0 Å². The van der Waals surface area contributed by atoms with E-state index < -0.39 is 0 Å². The van der Waals surface area contributed by atoms with E-state index in [1.165, 1.54) is 12.7 Å². The predicted molar refractivity (Wildman–Crippen MR) is 64.1 cm³/mol. The molecule has 2 N–H and O–H groups in total. The van der Waals surface area contributed by atoms with E-state index in [1.807, 2.05) is 6.92 Å². The topological polar surface area (TPSA) is 70.7 Å². The number of hydrogen-bond donors (Lipinski definition) is 2. The molecule has 1 saturated carbocycles. The molecule has 0 aromatic carbocycles. The molecule has 5 nitrogen and oxygen atoms in total. The molecule has 0 saturated heterocycles. The first kappa shape index (κ1) is 12.1. The summed E-state index contributed by atoms with van der Waals surface area (Å²) in [4.78, 5) is 16.3. The Morgan fingerprint density at radius 1 is 1.47 bits per heavy atom.